The predicted molar refractivity (Wildman–Crippen MR) is 83.3 cm³/mol. The summed E-state index contributed by atoms with van der Waals surface area (Å²) in [5.74, 6) is -0.914. The zero-order chi connectivity index (χ0) is 16.5. The molecular weight excluding hydrogens is 268 g/mol. The van der Waals surface area contributed by atoms with E-state index in [9.17, 15) is 0 Å². The maximum atomic E-state index is 5.75. The lowest BCUT2D eigenvalue weighted by atomic mass is 9.77. The van der Waals surface area contributed by atoms with E-state index >= 15 is 0 Å². The van der Waals surface area contributed by atoms with E-state index in [1.165, 1.54) is 5.57 Å². The molecule has 0 saturated carbocycles. The van der Waals surface area contributed by atoms with Crippen molar-refractivity contribution in [3.63, 3.8) is 0 Å². The van der Waals surface area contributed by atoms with Crippen molar-refractivity contribution in [1.82, 2.24) is 0 Å². The van der Waals surface area contributed by atoms with Crippen molar-refractivity contribution < 1.29 is 19.6 Å². The van der Waals surface area contributed by atoms with Crippen molar-refractivity contribution in [2.45, 2.75) is 92.1 Å². The molecule has 1 aliphatic rings. The fraction of sp³-hybridized carbons (Fsp3) is 0.882. The Balaban J connectivity index is 2.92. The van der Waals surface area contributed by atoms with Crippen LogP contribution in [0.4, 0.5) is 0 Å². The first-order chi connectivity index (χ1) is 9.22. The van der Waals surface area contributed by atoms with Gasteiger partial charge in [0.05, 0.1) is 11.2 Å². The lowest BCUT2D eigenvalue weighted by Crippen LogP contribution is -2.46. The monoisotopic (exact) mass is 300 g/mol. The Morgan fingerprint density at radius 1 is 0.905 bits per heavy atom. The summed E-state index contributed by atoms with van der Waals surface area (Å²) in [6.45, 7) is 18.1. The second kappa shape index (κ2) is 5.99. The van der Waals surface area contributed by atoms with Gasteiger partial charge in [-0.15, -0.1) is 0 Å². The summed E-state index contributed by atoms with van der Waals surface area (Å²) >= 11 is 0. The number of allylic oxidation sites excluding steroid dienone is 1. The van der Waals surface area contributed by atoms with Gasteiger partial charge in [0.2, 0.25) is 5.79 Å². The van der Waals surface area contributed by atoms with Crippen LogP contribution < -0.4 is 0 Å². The Morgan fingerprint density at radius 3 is 1.67 bits per heavy atom. The molecule has 0 aromatic rings. The van der Waals surface area contributed by atoms with Gasteiger partial charge in [-0.05, 0) is 53.9 Å². The van der Waals surface area contributed by atoms with Crippen LogP contribution in [0.25, 0.3) is 0 Å². The summed E-state index contributed by atoms with van der Waals surface area (Å²) in [5, 5.41) is 0. The molecule has 0 atom stereocenters. The molecule has 0 unspecified atom stereocenters. The molecule has 0 radical (unpaired) electrons. The fourth-order valence-corrected chi connectivity index (χ4v) is 2.48. The predicted octanol–water partition coefficient (Wildman–Crippen LogP) is 4.94. The van der Waals surface area contributed by atoms with E-state index in [0.717, 1.165) is 0 Å². The highest BCUT2D eigenvalue weighted by Crippen LogP contribution is 2.43. The highest BCUT2D eigenvalue weighted by molar-refractivity contribution is 5.13. The van der Waals surface area contributed by atoms with E-state index in [4.69, 9.17) is 19.6 Å². The van der Waals surface area contributed by atoms with Gasteiger partial charge in [-0.1, -0.05) is 25.5 Å². The van der Waals surface area contributed by atoms with Crippen molar-refractivity contribution in [3.8, 4) is 0 Å². The molecule has 0 saturated heterocycles. The molecular formula is C17H32O4. The van der Waals surface area contributed by atoms with Gasteiger partial charge in [0.25, 0.3) is 0 Å². The van der Waals surface area contributed by atoms with Crippen LogP contribution in [0, 0.1) is 5.41 Å². The van der Waals surface area contributed by atoms with Gasteiger partial charge in [-0.2, -0.15) is 9.78 Å². The summed E-state index contributed by atoms with van der Waals surface area (Å²) in [6.07, 6.45) is 3.55. The maximum absolute atomic E-state index is 5.75. The SMILES string of the molecule is CC1=CC(C)(C)CC(OOC(C)(C)C)(OOC(C)(C)C)C1. The van der Waals surface area contributed by atoms with Gasteiger partial charge in [0, 0.05) is 12.8 Å². The van der Waals surface area contributed by atoms with E-state index in [1.807, 2.05) is 41.5 Å². The molecule has 0 bridgehead atoms. The van der Waals surface area contributed by atoms with Crippen LogP contribution >= 0.6 is 0 Å². The van der Waals surface area contributed by atoms with Gasteiger partial charge in [0.1, 0.15) is 0 Å². The first kappa shape index (κ1) is 18.6. The van der Waals surface area contributed by atoms with Crippen LogP contribution in [0.3, 0.4) is 0 Å². The zero-order valence-corrected chi connectivity index (χ0v) is 15.1. The van der Waals surface area contributed by atoms with Crippen LogP contribution in [-0.2, 0) is 19.6 Å². The Bertz CT molecular complexity index is 365. The van der Waals surface area contributed by atoms with Gasteiger partial charge < -0.3 is 0 Å². The Kier molecular flexibility index (Phi) is 5.32. The number of hydrogen-bond acceptors (Lipinski definition) is 4. The minimum absolute atomic E-state index is 0.0369. The molecule has 0 aliphatic heterocycles. The van der Waals surface area contributed by atoms with Gasteiger partial charge >= 0.3 is 0 Å². The third-order valence-electron chi connectivity index (χ3n) is 2.80. The largest absolute Gasteiger partial charge is 0.238 e. The molecule has 4 nitrogen and oxygen atoms in total. The number of hydrogen-bond donors (Lipinski definition) is 0. The minimum Gasteiger partial charge on any atom is -0.228 e. The summed E-state index contributed by atoms with van der Waals surface area (Å²) in [7, 11) is 0. The average molecular weight is 300 g/mol. The number of rotatable bonds is 4. The third kappa shape index (κ3) is 6.92. The van der Waals surface area contributed by atoms with Crippen molar-refractivity contribution in [2.75, 3.05) is 0 Å². The highest BCUT2D eigenvalue weighted by Gasteiger charge is 2.45. The van der Waals surface area contributed by atoms with E-state index in [1.54, 1.807) is 0 Å². The van der Waals surface area contributed by atoms with Crippen LogP contribution in [0.2, 0.25) is 0 Å². The normalized spacial score (nSPS) is 22.0. The zero-order valence-electron chi connectivity index (χ0n) is 15.1. The molecule has 0 fully saturated rings. The molecule has 4 heteroatoms. The summed E-state index contributed by atoms with van der Waals surface area (Å²) in [6, 6.07) is 0. The Morgan fingerprint density at radius 2 is 1.33 bits per heavy atom. The van der Waals surface area contributed by atoms with E-state index in [2.05, 4.69) is 26.8 Å². The first-order valence-corrected chi connectivity index (χ1v) is 7.64. The molecule has 0 aromatic heterocycles. The molecule has 0 spiro atoms. The molecule has 0 N–H and O–H groups in total. The lowest BCUT2D eigenvalue weighted by Gasteiger charge is -2.42. The van der Waals surface area contributed by atoms with Crippen molar-refractivity contribution >= 4 is 0 Å². The molecule has 1 rings (SSSR count). The standard InChI is InChI=1S/C17H32O4/c1-13-10-16(8,9)12-17(11-13,20-18-14(2,3)4)21-19-15(5,6)7/h10H,11-12H2,1-9H3. The van der Waals surface area contributed by atoms with Crippen molar-refractivity contribution in [1.29, 1.82) is 0 Å². The van der Waals surface area contributed by atoms with E-state index in [-0.39, 0.29) is 5.41 Å². The maximum Gasteiger partial charge on any atom is 0.238 e. The quantitative estimate of drug-likeness (QED) is 0.319. The van der Waals surface area contributed by atoms with Gasteiger partial charge in [-0.3, -0.25) is 0 Å². The summed E-state index contributed by atoms with van der Waals surface area (Å²) in [4.78, 5) is 22.6. The van der Waals surface area contributed by atoms with Crippen LogP contribution in [0.1, 0.15) is 75.2 Å². The van der Waals surface area contributed by atoms with E-state index in [0.29, 0.717) is 12.8 Å². The Labute approximate surface area is 129 Å². The Hall–Kier alpha value is -0.420. The van der Waals surface area contributed by atoms with Crippen LogP contribution in [0.15, 0.2) is 11.6 Å². The molecule has 0 amide bonds. The van der Waals surface area contributed by atoms with Crippen molar-refractivity contribution in [2.24, 2.45) is 5.41 Å². The fourth-order valence-electron chi connectivity index (χ4n) is 2.48. The second-order valence-corrected chi connectivity index (χ2v) is 8.80. The second-order valence-electron chi connectivity index (χ2n) is 8.80. The summed E-state index contributed by atoms with van der Waals surface area (Å²) in [5.41, 5.74) is 0.362. The smallest absolute Gasteiger partial charge is 0.228 e. The molecule has 1 aliphatic carbocycles. The van der Waals surface area contributed by atoms with Gasteiger partial charge in [-0.25, -0.2) is 9.78 Å². The average Bonchev–Trinajstić information content (AvgIpc) is 2.19. The third-order valence-corrected chi connectivity index (χ3v) is 2.80. The molecule has 21 heavy (non-hydrogen) atoms. The topological polar surface area (TPSA) is 36.9 Å². The summed E-state index contributed by atoms with van der Waals surface area (Å²) < 4.78 is 0. The van der Waals surface area contributed by atoms with Crippen LogP contribution in [-0.4, -0.2) is 17.0 Å². The lowest BCUT2D eigenvalue weighted by molar-refractivity contribution is -0.545. The first-order valence-electron chi connectivity index (χ1n) is 7.64. The van der Waals surface area contributed by atoms with Crippen molar-refractivity contribution in [3.05, 3.63) is 11.6 Å². The molecule has 0 aromatic carbocycles. The van der Waals surface area contributed by atoms with Gasteiger partial charge in [0.15, 0.2) is 0 Å². The van der Waals surface area contributed by atoms with Crippen LogP contribution in [0.5, 0.6) is 0 Å². The minimum atomic E-state index is -0.914. The molecule has 0 heterocycles. The highest BCUT2D eigenvalue weighted by atomic mass is 17.3. The van der Waals surface area contributed by atoms with E-state index < -0.39 is 17.0 Å². The molecule has 124 valence electrons.